The molecule has 3 aromatic rings. The lowest BCUT2D eigenvalue weighted by molar-refractivity contribution is -0.140. The molecule has 3 atom stereocenters. The first kappa shape index (κ1) is 28.7. The first-order chi connectivity index (χ1) is 19.7. The molecule has 3 heterocycles. The number of likely N-dealkylation sites (tertiary alicyclic amines) is 2. The Labute approximate surface area is 239 Å². The van der Waals surface area contributed by atoms with Gasteiger partial charge in [0.1, 0.15) is 17.4 Å². The average Bonchev–Trinajstić information content (AvgIpc) is 3.72. The molecule has 0 aliphatic carbocycles. The number of aromatic nitrogens is 3. The van der Waals surface area contributed by atoms with Crippen LogP contribution in [0.5, 0.6) is 0 Å². The second kappa shape index (κ2) is 12.3. The van der Waals surface area contributed by atoms with E-state index in [0.29, 0.717) is 24.9 Å². The minimum Gasteiger partial charge on any atom is -0.350 e. The van der Waals surface area contributed by atoms with Gasteiger partial charge in [-0.05, 0) is 79.8 Å². The van der Waals surface area contributed by atoms with E-state index in [-0.39, 0.29) is 48.8 Å². The van der Waals surface area contributed by atoms with E-state index < -0.39 is 12.1 Å². The molecule has 2 saturated heterocycles. The Balaban J connectivity index is 1.26. The van der Waals surface area contributed by atoms with Crippen molar-refractivity contribution >= 4 is 28.8 Å². The molecule has 218 valence electrons. The van der Waals surface area contributed by atoms with Gasteiger partial charge >= 0.3 is 0 Å². The molecule has 3 amide bonds. The van der Waals surface area contributed by atoms with Gasteiger partial charge in [-0.1, -0.05) is 23.4 Å². The van der Waals surface area contributed by atoms with Gasteiger partial charge in [-0.25, -0.2) is 9.07 Å². The van der Waals surface area contributed by atoms with Crippen LogP contribution in [0.2, 0.25) is 0 Å². The van der Waals surface area contributed by atoms with Gasteiger partial charge in [0.05, 0.1) is 11.6 Å². The summed E-state index contributed by atoms with van der Waals surface area (Å²) in [7, 11) is 1.81. The topological polar surface area (TPSA) is 126 Å². The molecule has 2 aromatic carbocycles. The molecular weight excluding hydrogens is 525 g/mol. The van der Waals surface area contributed by atoms with E-state index in [1.807, 2.05) is 43.1 Å². The van der Waals surface area contributed by atoms with Gasteiger partial charge in [0, 0.05) is 39.6 Å². The first-order valence-corrected chi connectivity index (χ1v) is 14.3. The number of amides is 3. The molecule has 2 aliphatic heterocycles. The van der Waals surface area contributed by atoms with Gasteiger partial charge in [-0.15, -0.1) is 5.10 Å². The Morgan fingerprint density at radius 3 is 2.68 bits per heavy atom. The smallest absolute Gasteiger partial charge is 0.243 e. The Morgan fingerprint density at radius 1 is 1.15 bits per heavy atom. The molecule has 10 nitrogen and oxygen atoms in total. The van der Waals surface area contributed by atoms with Gasteiger partial charge in [0.15, 0.2) is 0 Å². The number of benzene rings is 2. The normalized spacial score (nSPS) is 19.6. The highest BCUT2D eigenvalue weighted by Gasteiger charge is 2.41. The van der Waals surface area contributed by atoms with Crippen molar-refractivity contribution in [3.05, 3.63) is 58.9 Å². The van der Waals surface area contributed by atoms with Crippen molar-refractivity contribution in [3.63, 3.8) is 0 Å². The minimum atomic E-state index is -0.897. The Kier molecular flexibility index (Phi) is 8.63. The third-order valence-corrected chi connectivity index (χ3v) is 8.28. The maximum atomic E-state index is 14.6. The fourth-order valence-electron chi connectivity index (χ4n) is 5.94. The molecule has 2 fully saturated rings. The fourth-order valence-corrected chi connectivity index (χ4v) is 5.94. The van der Waals surface area contributed by atoms with Crippen molar-refractivity contribution in [3.8, 4) is 0 Å². The lowest BCUT2D eigenvalue weighted by Gasteiger charge is -2.27. The maximum absolute atomic E-state index is 14.6. The third kappa shape index (κ3) is 6.56. The second-order valence-electron chi connectivity index (χ2n) is 11.4. The molecular formula is C30H38FN7O3. The molecule has 5 rings (SSSR count). The molecule has 0 saturated carbocycles. The standard InChI is InChI=1S/C30H38FN7O3/c1-19-5-7-22(23(31)13-19)14-21-16-27(29(40)33-17-20-6-9-26-25(15-20)34-35-36(26)2)38(18-21)30(41)24(32)8-10-28(39)37-11-3-4-12-37/h5-7,9,13,15,21,24,27H,3-4,8,10-12,14,16-18,32H2,1-2H3,(H,33,40)/t21?,24-,27+/m1/s1. The third-order valence-electron chi connectivity index (χ3n) is 8.28. The average molecular weight is 564 g/mol. The van der Waals surface area contributed by atoms with Crippen LogP contribution in [-0.2, 0) is 34.4 Å². The SMILES string of the molecule is Cc1ccc(CC2C[C@@H](C(=O)NCc3ccc4c(c3)nnn4C)N(C(=O)[C@H](N)CCC(=O)N3CCCC3)C2)c(F)c1. The molecule has 0 bridgehead atoms. The van der Waals surface area contributed by atoms with Crippen molar-refractivity contribution in [2.24, 2.45) is 18.7 Å². The van der Waals surface area contributed by atoms with Gasteiger partial charge in [0.25, 0.3) is 0 Å². The van der Waals surface area contributed by atoms with E-state index in [9.17, 15) is 18.8 Å². The summed E-state index contributed by atoms with van der Waals surface area (Å²) in [4.78, 5) is 42.9. The van der Waals surface area contributed by atoms with Crippen molar-refractivity contribution in [2.45, 2.75) is 64.1 Å². The van der Waals surface area contributed by atoms with Crippen LogP contribution in [-0.4, -0.2) is 74.2 Å². The zero-order valence-electron chi connectivity index (χ0n) is 23.7. The van der Waals surface area contributed by atoms with Crippen LogP contribution in [0.15, 0.2) is 36.4 Å². The van der Waals surface area contributed by atoms with Crippen molar-refractivity contribution in [1.82, 2.24) is 30.1 Å². The summed E-state index contributed by atoms with van der Waals surface area (Å²) in [5.74, 6) is -1.03. The number of nitrogens with zero attached hydrogens (tertiary/aromatic N) is 5. The number of carbonyl (C=O) groups is 3. The largest absolute Gasteiger partial charge is 0.350 e. The number of nitrogens with one attached hydrogen (secondary N) is 1. The van der Waals surface area contributed by atoms with E-state index >= 15 is 0 Å². The summed E-state index contributed by atoms with van der Waals surface area (Å²) >= 11 is 0. The summed E-state index contributed by atoms with van der Waals surface area (Å²) in [6.45, 7) is 3.89. The second-order valence-corrected chi connectivity index (χ2v) is 11.4. The van der Waals surface area contributed by atoms with E-state index in [2.05, 4.69) is 15.6 Å². The number of carbonyl (C=O) groups excluding carboxylic acids is 3. The lowest BCUT2D eigenvalue weighted by atomic mass is 9.95. The molecule has 1 unspecified atom stereocenters. The number of rotatable bonds is 9. The number of nitrogens with two attached hydrogens (primary N) is 1. The van der Waals surface area contributed by atoms with Crippen LogP contribution < -0.4 is 11.1 Å². The zero-order valence-corrected chi connectivity index (χ0v) is 23.7. The highest BCUT2D eigenvalue weighted by atomic mass is 19.1. The Hall–Kier alpha value is -3.86. The molecule has 1 aromatic heterocycles. The van der Waals surface area contributed by atoms with Crippen molar-refractivity contribution in [2.75, 3.05) is 19.6 Å². The number of halogens is 1. The van der Waals surface area contributed by atoms with E-state index in [0.717, 1.165) is 48.1 Å². The van der Waals surface area contributed by atoms with E-state index in [1.54, 1.807) is 10.7 Å². The number of aryl methyl sites for hydroxylation is 2. The van der Waals surface area contributed by atoms with Gasteiger partial charge in [-0.2, -0.15) is 0 Å². The summed E-state index contributed by atoms with van der Waals surface area (Å²) in [5.41, 5.74) is 10.2. The van der Waals surface area contributed by atoms with Crippen LogP contribution >= 0.6 is 0 Å². The molecule has 0 radical (unpaired) electrons. The van der Waals surface area contributed by atoms with Crippen molar-refractivity contribution in [1.29, 1.82) is 0 Å². The molecule has 11 heteroatoms. The molecule has 2 aliphatic rings. The van der Waals surface area contributed by atoms with E-state index in [1.165, 1.54) is 11.0 Å². The summed E-state index contributed by atoms with van der Waals surface area (Å²) in [6.07, 6.45) is 3.21. The fraction of sp³-hybridized carbons (Fsp3) is 0.500. The monoisotopic (exact) mass is 563 g/mol. The zero-order chi connectivity index (χ0) is 29.1. The first-order valence-electron chi connectivity index (χ1n) is 14.3. The molecule has 3 N–H and O–H groups in total. The summed E-state index contributed by atoms with van der Waals surface area (Å²) < 4.78 is 16.3. The highest BCUT2D eigenvalue weighted by molar-refractivity contribution is 5.91. The lowest BCUT2D eigenvalue weighted by Crippen LogP contribution is -2.51. The van der Waals surface area contributed by atoms with Gasteiger partial charge in [-0.3, -0.25) is 14.4 Å². The number of hydrogen-bond acceptors (Lipinski definition) is 6. The quantitative estimate of drug-likeness (QED) is 0.411. The number of fused-ring (bicyclic) bond motifs is 1. The van der Waals surface area contributed by atoms with Crippen LogP contribution in [0.4, 0.5) is 4.39 Å². The predicted molar refractivity (Wildman–Crippen MR) is 152 cm³/mol. The molecule has 41 heavy (non-hydrogen) atoms. The molecule has 0 spiro atoms. The highest BCUT2D eigenvalue weighted by Crippen LogP contribution is 2.29. The predicted octanol–water partition coefficient (Wildman–Crippen LogP) is 2.22. The van der Waals surface area contributed by atoms with Gasteiger partial charge in [0.2, 0.25) is 17.7 Å². The van der Waals surface area contributed by atoms with Crippen molar-refractivity contribution < 1.29 is 18.8 Å². The van der Waals surface area contributed by atoms with Crippen LogP contribution in [0, 0.1) is 18.7 Å². The Bertz CT molecular complexity index is 1430. The summed E-state index contributed by atoms with van der Waals surface area (Å²) in [5, 5.41) is 11.1. The maximum Gasteiger partial charge on any atom is 0.243 e. The van der Waals surface area contributed by atoms with Gasteiger partial charge < -0.3 is 20.9 Å². The number of hydrogen-bond donors (Lipinski definition) is 2. The van der Waals surface area contributed by atoms with Crippen LogP contribution in [0.1, 0.15) is 48.8 Å². The summed E-state index contributed by atoms with van der Waals surface area (Å²) in [6, 6.07) is 9.17. The van der Waals surface area contributed by atoms with Crippen LogP contribution in [0.3, 0.4) is 0 Å². The Morgan fingerprint density at radius 2 is 1.93 bits per heavy atom. The van der Waals surface area contributed by atoms with Crippen LogP contribution in [0.25, 0.3) is 11.0 Å². The minimum absolute atomic E-state index is 0.00858. The van der Waals surface area contributed by atoms with E-state index in [4.69, 9.17) is 5.73 Å².